The molecule has 2 aromatic rings. The first-order chi connectivity index (χ1) is 9.22. The van der Waals surface area contributed by atoms with Gasteiger partial charge in [0.25, 0.3) is 0 Å². The second-order valence-electron chi connectivity index (χ2n) is 3.76. The third-order valence-corrected chi connectivity index (χ3v) is 3.20. The number of rotatable bonds is 4. The summed E-state index contributed by atoms with van der Waals surface area (Å²) in [5, 5.41) is 5.21. The van der Waals surface area contributed by atoms with Crippen LogP contribution in [0.1, 0.15) is 6.92 Å². The Kier molecular flexibility index (Phi) is 4.30. The SMILES string of the molecule is C/C=C/C(=O)Nc1nc(-c2ccc(OC)cc2)cs1. The quantitative estimate of drug-likeness (QED) is 0.870. The van der Waals surface area contributed by atoms with Crippen molar-refractivity contribution in [1.82, 2.24) is 4.98 Å². The van der Waals surface area contributed by atoms with Gasteiger partial charge in [-0.05, 0) is 37.3 Å². The van der Waals surface area contributed by atoms with E-state index in [-0.39, 0.29) is 5.91 Å². The van der Waals surface area contributed by atoms with E-state index < -0.39 is 0 Å². The first kappa shape index (κ1) is 13.3. The average molecular weight is 274 g/mol. The molecule has 4 nitrogen and oxygen atoms in total. The molecule has 0 radical (unpaired) electrons. The van der Waals surface area contributed by atoms with Gasteiger partial charge in [-0.3, -0.25) is 10.1 Å². The fraction of sp³-hybridized carbons (Fsp3) is 0.143. The van der Waals surface area contributed by atoms with E-state index >= 15 is 0 Å². The molecular formula is C14H14N2O2S. The maximum atomic E-state index is 11.4. The van der Waals surface area contributed by atoms with Gasteiger partial charge >= 0.3 is 0 Å². The number of carbonyl (C=O) groups excluding carboxylic acids is 1. The van der Waals surface area contributed by atoms with Crippen LogP contribution in [0.5, 0.6) is 5.75 Å². The monoisotopic (exact) mass is 274 g/mol. The van der Waals surface area contributed by atoms with Gasteiger partial charge in [-0.1, -0.05) is 6.08 Å². The highest BCUT2D eigenvalue weighted by Crippen LogP contribution is 2.26. The van der Waals surface area contributed by atoms with Crippen molar-refractivity contribution in [2.45, 2.75) is 6.92 Å². The maximum absolute atomic E-state index is 11.4. The molecule has 0 unspecified atom stereocenters. The van der Waals surface area contributed by atoms with Crippen molar-refractivity contribution < 1.29 is 9.53 Å². The topological polar surface area (TPSA) is 51.2 Å². The van der Waals surface area contributed by atoms with Crippen LogP contribution in [0.25, 0.3) is 11.3 Å². The molecule has 1 N–H and O–H groups in total. The van der Waals surface area contributed by atoms with Crippen molar-refractivity contribution in [2.24, 2.45) is 0 Å². The van der Waals surface area contributed by atoms with Gasteiger partial charge in [0.15, 0.2) is 5.13 Å². The zero-order chi connectivity index (χ0) is 13.7. The van der Waals surface area contributed by atoms with E-state index in [9.17, 15) is 4.79 Å². The lowest BCUT2D eigenvalue weighted by Crippen LogP contribution is -2.07. The summed E-state index contributed by atoms with van der Waals surface area (Å²) in [6.07, 6.45) is 3.15. The van der Waals surface area contributed by atoms with Crippen LogP contribution in [0.2, 0.25) is 0 Å². The van der Waals surface area contributed by atoms with Crippen molar-refractivity contribution in [3.8, 4) is 17.0 Å². The second kappa shape index (κ2) is 6.15. The van der Waals surface area contributed by atoms with Crippen molar-refractivity contribution in [3.05, 3.63) is 41.8 Å². The minimum Gasteiger partial charge on any atom is -0.497 e. The second-order valence-corrected chi connectivity index (χ2v) is 4.61. The molecule has 0 aliphatic carbocycles. The van der Waals surface area contributed by atoms with E-state index in [1.165, 1.54) is 17.4 Å². The lowest BCUT2D eigenvalue weighted by Gasteiger charge is -2.00. The van der Waals surface area contributed by atoms with E-state index in [0.717, 1.165) is 17.0 Å². The number of hydrogen-bond donors (Lipinski definition) is 1. The maximum Gasteiger partial charge on any atom is 0.249 e. The number of aromatic nitrogens is 1. The smallest absolute Gasteiger partial charge is 0.249 e. The number of thiazole rings is 1. The summed E-state index contributed by atoms with van der Waals surface area (Å²) >= 11 is 1.40. The molecular weight excluding hydrogens is 260 g/mol. The molecule has 2 rings (SSSR count). The summed E-state index contributed by atoms with van der Waals surface area (Å²) in [6.45, 7) is 1.80. The Balaban J connectivity index is 2.13. The highest BCUT2D eigenvalue weighted by atomic mass is 32.1. The zero-order valence-electron chi connectivity index (χ0n) is 10.7. The zero-order valence-corrected chi connectivity index (χ0v) is 11.5. The highest BCUT2D eigenvalue weighted by Gasteiger charge is 2.06. The Morgan fingerprint density at radius 2 is 2.11 bits per heavy atom. The standard InChI is InChI=1S/C14H14N2O2S/c1-3-4-13(17)16-14-15-12(9-19-14)10-5-7-11(18-2)8-6-10/h3-9H,1-2H3,(H,15,16,17)/b4-3+. The predicted molar refractivity (Wildman–Crippen MR) is 77.5 cm³/mol. The Bertz CT molecular complexity index is 588. The molecule has 0 saturated carbocycles. The van der Waals surface area contributed by atoms with Crippen LogP contribution in [0.15, 0.2) is 41.8 Å². The fourth-order valence-electron chi connectivity index (χ4n) is 1.52. The molecule has 0 atom stereocenters. The van der Waals surface area contributed by atoms with E-state index in [4.69, 9.17) is 4.74 Å². The molecule has 1 amide bonds. The van der Waals surface area contributed by atoms with E-state index in [1.54, 1.807) is 20.1 Å². The van der Waals surface area contributed by atoms with Crippen molar-refractivity contribution in [2.75, 3.05) is 12.4 Å². The van der Waals surface area contributed by atoms with Crippen molar-refractivity contribution >= 4 is 22.4 Å². The number of nitrogens with zero attached hydrogens (tertiary/aromatic N) is 1. The van der Waals surface area contributed by atoms with E-state index in [0.29, 0.717) is 5.13 Å². The van der Waals surface area contributed by atoms with Crippen molar-refractivity contribution in [1.29, 1.82) is 0 Å². The summed E-state index contributed by atoms with van der Waals surface area (Å²) < 4.78 is 5.11. The van der Waals surface area contributed by atoms with Crippen LogP contribution in [0, 0.1) is 0 Å². The van der Waals surface area contributed by atoms with Crippen LogP contribution in [-0.2, 0) is 4.79 Å². The third kappa shape index (κ3) is 3.42. The molecule has 0 bridgehead atoms. The number of benzene rings is 1. The lowest BCUT2D eigenvalue weighted by molar-refractivity contribution is -0.111. The molecule has 0 saturated heterocycles. The first-order valence-corrected chi connectivity index (χ1v) is 6.64. The number of allylic oxidation sites excluding steroid dienone is 1. The normalized spacial score (nSPS) is 10.6. The number of methoxy groups -OCH3 is 1. The first-order valence-electron chi connectivity index (χ1n) is 5.76. The number of carbonyl (C=O) groups is 1. The molecule has 1 aromatic carbocycles. The molecule has 5 heteroatoms. The summed E-state index contributed by atoms with van der Waals surface area (Å²) in [5.74, 6) is 0.638. The van der Waals surface area contributed by atoms with Crippen molar-refractivity contribution in [3.63, 3.8) is 0 Å². The number of hydrogen-bond acceptors (Lipinski definition) is 4. The molecule has 0 fully saturated rings. The van der Waals surface area contributed by atoms with Crippen LogP contribution in [0.3, 0.4) is 0 Å². The van der Waals surface area contributed by atoms with Crippen LogP contribution >= 0.6 is 11.3 Å². The molecule has 98 valence electrons. The molecule has 0 aliphatic heterocycles. The van der Waals surface area contributed by atoms with Gasteiger partial charge in [0.2, 0.25) is 5.91 Å². The number of nitrogens with one attached hydrogen (secondary N) is 1. The van der Waals surface area contributed by atoms with E-state index in [2.05, 4.69) is 10.3 Å². The van der Waals surface area contributed by atoms with Gasteiger partial charge in [-0.25, -0.2) is 4.98 Å². The Morgan fingerprint density at radius 1 is 1.37 bits per heavy atom. The average Bonchev–Trinajstić information content (AvgIpc) is 2.87. The summed E-state index contributed by atoms with van der Waals surface area (Å²) in [6, 6.07) is 7.64. The Morgan fingerprint density at radius 3 is 2.74 bits per heavy atom. The minimum absolute atomic E-state index is 0.168. The number of amides is 1. The number of anilines is 1. The molecule has 1 heterocycles. The molecule has 19 heavy (non-hydrogen) atoms. The molecule has 1 aromatic heterocycles. The summed E-state index contributed by atoms with van der Waals surface area (Å²) in [5.41, 5.74) is 1.83. The van der Waals surface area contributed by atoms with Gasteiger partial charge in [0, 0.05) is 10.9 Å². The van der Waals surface area contributed by atoms with Gasteiger partial charge < -0.3 is 4.74 Å². The minimum atomic E-state index is -0.168. The molecule has 0 spiro atoms. The van der Waals surface area contributed by atoms with Crippen LogP contribution < -0.4 is 10.1 Å². The van der Waals surface area contributed by atoms with Gasteiger partial charge in [-0.15, -0.1) is 11.3 Å². The van der Waals surface area contributed by atoms with Crippen LogP contribution in [0.4, 0.5) is 5.13 Å². The number of ether oxygens (including phenoxy) is 1. The largest absolute Gasteiger partial charge is 0.497 e. The van der Waals surface area contributed by atoms with Crippen LogP contribution in [-0.4, -0.2) is 18.0 Å². The van der Waals surface area contributed by atoms with Gasteiger partial charge in [-0.2, -0.15) is 0 Å². The van der Waals surface area contributed by atoms with E-state index in [1.807, 2.05) is 29.6 Å². The summed E-state index contributed by atoms with van der Waals surface area (Å²) in [7, 11) is 1.63. The van der Waals surface area contributed by atoms with Gasteiger partial charge in [0.1, 0.15) is 5.75 Å². The highest BCUT2D eigenvalue weighted by molar-refractivity contribution is 7.14. The Labute approximate surface area is 115 Å². The Hall–Kier alpha value is -2.14. The molecule has 0 aliphatic rings. The predicted octanol–water partition coefficient (Wildman–Crippen LogP) is 3.33. The third-order valence-electron chi connectivity index (χ3n) is 2.44. The van der Waals surface area contributed by atoms with Gasteiger partial charge in [0.05, 0.1) is 12.8 Å². The summed E-state index contributed by atoms with van der Waals surface area (Å²) in [4.78, 5) is 15.8. The lowest BCUT2D eigenvalue weighted by atomic mass is 10.2. The fourth-order valence-corrected chi connectivity index (χ4v) is 2.25.